The predicted molar refractivity (Wildman–Crippen MR) is 104 cm³/mol. The highest BCUT2D eigenvalue weighted by molar-refractivity contribution is 9.09. The topological polar surface area (TPSA) is 0 Å². The molecule has 0 unspecified atom stereocenters. The zero-order valence-electron chi connectivity index (χ0n) is 12.5. The van der Waals surface area contributed by atoms with Crippen molar-refractivity contribution in [3.63, 3.8) is 0 Å². The molecule has 114 valence electrons. The molecule has 0 nitrogen and oxygen atoms in total. The van der Waals surface area contributed by atoms with Gasteiger partial charge in [0.2, 0.25) is 0 Å². The average Bonchev–Trinajstić information content (AvgIpc) is 2.58. The number of alkyl halides is 2. The lowest BCUT2D eigenvalue weighted by molar-refractivity contribution is 1.07. The maximum Gasteiger partial charge on any atom is 0.0251 e. The zero-order chi connectivity index (χ0) is 15.6. The molecular formula is C20H20Br2. The van der Waals surface area contributed by atoms with Gasteiger partial charge in [-0.2, -0.15) is 0 Å². The van der Waals surface area contributed by atoms with Crippen LogP contribution in [0.5, 0.6) is 0 Å². The molecule has 0 bridgehead atoms. The molecule has 0 atom stereocenters. The summed E-state index contributed by atoms with van der Waals surface area (Å²) >= 11 is 7.16. The Bertz CT molecular complexity index is 613. The molecule has 0 radical (unpaired) electrons. The summed E-state index contributed by atoms with van der Waals surface area (Å²) in [5.41, 5.74) is 5.54. The standard InChI is InChI=1S/C20H20Br2/c21-13-7-12-19(14-17-8-3-1-4-9-17)20(16-22)15-18-10-5-2-6-11-18/h1-12H,13-16H2/b12-7+,20-19-. The lowest BCUT2D eigenvalue weighted by Crippen LogP contribution is -2.00. The van der Waals surface area contributed by atoms with Crippen molar-refractivity contribution in [3.05, 3.63) is 95.1 Å². The summed E-state index contributed by atoms with van der Waals surface area (Å²) in [4.78, 5) is 0. The highest BCUT2D eigenvalue weighted by Gasteiger charge is 2.06. The number of hydrogen-bond acceptors (Lipinski definition) is 0. The smallest absolute Gasteiger partial charge is 0.0251 e. The third-order valence-electron chi connectivity index (χ3n) is 3.52. The van der Waals surface area contributed by atoms with Crippen molar-refractivity contribution in [3.8, 4) is 0 Å². The van der Waals surface area contributed by atoms with E-state index in [2.05, 4.69) is 105 Å². The van der Waals surface area contributed by atoms with Crippen molar-refractivity contribution in [1.82, 2.24) is 0 Å². The van der Waals surface area contributed by atoms with Crippen molar-refractivity contribution < 1.29 is 0 Å². The van der Waals surface area contributed by atoms with Crippen molar-refractivity contribution in [2.75, 3.05) is 10.7 Å². The summed E-state index contributed by atoms with van der Waals surface area (Å²) in [6.07, 6.45) is 6.38. The summed E-state index contributed by atoms with van der Waals surface area (Å²) < 4.78 is 0. The second-order valence-corrected chi connectivity index (χ2v) is 6.35. The van der Waals surface area contributed by atoms with Gasteiger partial charge in [0, 0.05) is 10.7 Å². The summed E-state index contributed by atoms with van der Waals surface area (Å²) in [6.45, 7) is 0. The second kappa shape index (κ2) is 9.81. The molecule has 0 N–H and O–H groups in total. The van der Waals surface area contributed by atoms with Crippen LogP contribution < -0.4 is 0 Å². The molecule has 2 aromatic carbocycles. The Morgan fingerprint density at radius 2 is 1.32 bits per heavy atom. The van der Waals surface area contributed by atoms with Crippen LogP contribution in [0.1, 0.15) is 11.1 Å². The Morgan fingerprint density at radius 1 is 0.773 bits per heavy atom. The van der Waals surface area contributed by atoms with E-state index in [1.165, 1.54) is 22.3 Å². The van der Waals surface area contributed by atoms with E-state index in [9.17, 15) is 0 Å². The highest BCUT2D eigenvalue weighted by Crippen LogP contribution is 2.20. The number of rotatable bonds is 7. The van der Waals surface area contributed by atoms with E-state index < -0.39 is 0 Å². The molecule has 2 heteroatoms. The zero-order valence-corrected chi connectivity index (χ0v) is 15.7. The fraction of sp³-hybridized carbons (Fsp3) is 0.200. The lowest BCUT2D eigenvalue weighted by atomic mass is 9.96. The minimum Gasteiger partial charge on any atom is -0.0883 e. The first-order valence-electron chi connectivity index (χ1n) is 7.40. The first-order valence-corrected chi connectivity index (χ1v) is 9.65. The van der Waals surface area contributed by atoms with Gasteiger partial charge in [0.15, 0.2) is 0 Å². The summed E-state index contributed by atoms with van der Waals surface area (Å²) in [6, 6.07) is 21.3. The first-order chi connectivity index (χ1) is 10.8. The average molecular weight is 420 g/mol. The van der Waals surface area contributed by atoms with Gasteiger partial charge in [-0.15, -0.1) is 0 Å². The Kier molecular flexibility index (Phi) is 7.68. The van der Waals surface area contributed by atoms with Crippen LogP contribution in [0.25, 0.3) is 0 Å². The molecule has 2 rings (SSSR count). The van der Waals surface area contributed by atoms with Gasteiger partial charge >= 0.3 is 0 Å². The molecule has 0 saturated carbocycles. The van der Waals surface area contributed by atoms with Crippen LogP contribution in [0, 0.1) is 0 Å². The van der Waals surface area contributed by atoms with Crippen LogP contribution in [-0.2, 0) is 12.8 Å². The van der Waals surface area contributed by atoms with Crippen molar-refractivity contribution in [1.29, 1.82) is 0 Å². The van der Waals surface area contributed by atoms with E-state index in [1.54, 1.807) is 0 Å². The summed E-state index contributed by atoms with van der Waals surface area (Å²) in [5.74, 6) is 0. The van der Waals surface area contributed by atoms with Crippen LogP contribution in [0.4, 0.5) is 0 Å². The van der Waals surface area contributed by atoms with Crippen LogP contribution in [0.15, 0.2) is 84.0 Å². The third-order valence-corrected chi connectivity index (χ3v) is 4.57. The number of halogens is 2. The number of hydrogen-bond donors (Lipinski definition) is 0. The second-order valence-electron chi connectivity index (χ2n) is 5.14. The van der Waals surface area contributed by atoms with Crippen molar-refractivity contribution >= 4 is 31.9 Å². The Balaban J connectivity index is 2.28. The van der Waals surface area contributed by atoms with E-state index >= 15 is 0 Å². The normalized spacial score (nSPS) is 12.5. The molecule has 0 saturated heterocycles. The van der Waals surface area contributed by atoms with Gasteiger partial charge in [-0.05, 0) is 29.5 Å². The van der Waals surface area contributed by atoms with Gasteiger partial charge in [-0.3, -0.25) is 0 Å². The van der Waals surface area contributed by atoms with Gasteiger partial charge in [0.05, 0.1) is 0 Å². The summed E-state index contributed by atoms with van der Waals surface area (Å²) in [7, 11) is 0. The molecule has 0 spiro atoms. The Hall–Kier alpha value is -1.12. The van der Waals surface area contributed by atoms with Crippen LogP contribution in [0.3, 0.4) is 0 Å². The van der Waals surface area contributed by atoms with E-state index in [0.717, 1.165) is 23.5 Å². The van der Waals surface area contributed by atoms with E-state index in [4.69, 9.17) is 0 Å². The molecule has 0 aromatic heterocycles. The van der Waals surface area contributed by atoms with Crippen molar-refractivity contribution in [2.24, 2.45) is 0 Å². The quantitative estimate of drug-likeness (QED) is 0.374. The van der Waals surface area contributed by atoms with Gasteiger partial charge in [0.25, 0.3) is 0 Å². The number of benzene rings is 2. The Labute approximate surface area is 150 Å². The van der Waals surface area contributed by atoms with Gasteiger partial charge < -0.3 is 0 Å². The highest BCUT2D eigenvalue weighted by atomic mass is 79.9. The van der Waals surface area contributed by atoms with Crippen LogP contribution in [-0.4, -0.2) is 10.7 Å². The number of allylic oxidation sites excluding steroid dienone is 4. The van der Waals surface area contributed by atoms with Gasteiger partial charge in [-0.1, -0.05) is 110 Å². The van der Waals surface area contributed by atoms with Crippen LogP contribution in [0.2, 0.25) is 0 Å². The van der Waals surface area contributed by atoms with Crippen molar-refractivity contribution in [2.45, 2.75) is 12.8 Å². The van der Waals surface area contributed by atoms with E-state index in [0.29, 0.717) is 0 Å². The van der Waals surface area contributed by atoms with Gasteiger partial charge in [-0.25, -0.2) is 0 Å². The molecular weight excluding hydrogens is 400 g/mol. The Morgan fingerprint density at radius 3 is 1.82 bits per heavy atom. The monoisotopic (exact) mass is 418 g/mol. The molecule has 0 aliphatic heterocycles. The molecule has 0 aliphatic rings. The minimum absolute atomic E-state index is 0.881. The maximum atomic E-state index is 3.68. The fourth-order valence-electron chi connectivity index (χ4n) is 2.39. The minimum atomic E-state index is 0.881. The molecule has 2 aromatic rings. The predicted octanol–water partition coefficient (Wildman–Crippen LogP) is 6.11. The van der Waals surface area contributed by atoms with E-state index in [1.807, 2.05) is 0 Å². The lowest BCUT2D eigenvalue weighted by Gasteiger charge is -2.12. The third kappa shape index (κ3) is 5.58. The maximum absolute atomic E-state index is 3.68. The van der Waals surface area contributed by atoms with Crippen LogP contribution >= 0.6 is 31.9 Å². The molecule has 0 heterocycles. The summed E-state index contributed by atoms with van der Waals surface area (Å²) in [5, 5.41) is 1.78. The van der Waals surface area contributed by atoms with E-state index in [-0.39, 0.29) is 0 Å². The van der Waals surface area contributed by atoms with Gasteiger partial charge in [0.1, 0.15) is 0 Å². The molecule has 22 heavy (non-hydrogen) atoms. The largest absolute Gasteiger partial charge is 0.0883 e. The SMILES string of the molecule is BrC/C=C/C(Cc1ccccc1)=C(/CBr)Cc1ccccc1. The fourth-order valence-corrected chi connectivity index (χ4v) is 3.14. The first kappa shape index (κ1) is 17.2. The molecule has 0 amide bonds. The molecule has 0 fully saturated rings. The molecule has 0 aliphatic carbocycles.